The number of aromatic nitrogens is 3. The molecule has 2 aromatic rings. The first kappa shape index (κ1) is 14.6. The Balaban J connectivity index is 2.30. The molecule has 2 rings (SSSR count). The molecular weight excluding hydrogens is 330 g/mol. The summed E-state index contributed by atoms with van der Waals surface area (Å²) >= 11 is 23.1. The van der Waals surface area contributed by atoms with E-state index in [2.05, 4.69) is 20.3 Å². The molecule has 0 spiro atoms. The summed E-state index contributed by atoms with van der Waals surface area (Å²) in [7, 11) is 0. The smallest absolute Gasteiger partial charge is 0.250 e. The Labute approximate surface area is 130 Å². The van der Waals surface area contributed by atoms with E-state index >= 15 is 0 Å². The molecule has 0 aliphatic carbocycles. The third-order valence-electron chi connectivity index (χ3n) is 2.10. The molecule has 0 aliphatic rings. The van der Waals surface area contributed by atoms with E-state index in [4.69, 9.17) is 46.4 Å². The van der Waals surface area contributed by atoms with Gasteiger partial charge in [-0.3, -0.25) is 0 Å². The van der Waals surface area contributed by atoms with E-state index in [1.807, 2.05) is 0 Å². The molecule has 8 heteroatoms. The fraction of sp³-hybridized carbons (Fsp3) is 0.182. The zero-order valence-corrected chi connectivity index (χ0v) is 12.7. The van der Waals surface area contributed by atoms with Crippen molar-refractivity contribution in [3.8, 4) is 0 Å². The average Bonchev–Trinajstić information content (AvgIpc) is 2.30. The number of alkyl halides is 3. The maximum atomic E-state index is 5.80. The van der Waals surface area contributed by atoms with Crippen molar-refractivity contribution in [1.82, 2.24) is 15.0 Å². The maximum absolute atomic E-state index is 5.80. The van der Waals surface area contributed by atoms with Gasteiger partial charge in [0, 0.05) is 10.7 Å². The molecule has 0 saturated heterocycles. The first-order valence-corrected chi connectivity index (χ1v) is 6.68. The first-order chi connectivity index (χ1) is 8.84. The third kappa shape index (κ3) is 4.08. The van der Waals surface area contributed by atoms with Crippen molar-refractivity contribution in [2.75, 3.05) is 5.32 Å². The average molecular weight is 338 g/mol. The second-order valence-electron chi connectivity index (χ2n) is 3.66. The molecule has 0 saturated carbocycles. The lowest BCUT2D eigenvalue weighted by atomic mass is 10.3. The minimum atomic E-state index is -1.69. The highest BCUT2D eigenvalue weighted by Gasteiger charge is 2.27. The summed E-state index contributed by atoms with van der Waals surface area (Å²) < 4.78 is -1.69. The lowest BCUT2D eigenvalue weighted by molar-refractivity contribution is 0.884. The van der Waals surface area contributed by atoms with Gasteiger partial charge in [-0.25, -0.2) is 4.98 Å². The van der Waals surface area contributed by atoms with Gasteiger partial charge in [0.2, 0.25) is 9.74 Å². The van der Waals surface area contributed by atoms with Crippen LogP contribution in [0.15, 0.2) is 24.3 Å². The second-order valence-corrected chi connectivity index (χ2v) is 6.38. The van der Waals surface area contributed by atoms with Gasteiger partial charge in [-0.05, 0) is 31.2 Å². The SMILES string of the molecule is Cc1nc(Nc2ccc(Cl)cc2)nc(C(Cl)(Cl)Cl)n1. The summed E-state index contributed by atoms with van der Waals surface area (Å²) in [4.78, 5) is 12.2. The molecule has 19 heavy (non-hydrogen) atoms. The van der Waals surface area contributed by atoms with Gasteiger partial charge in [0.25, 0.3) is 0 Å². The van der Waals surface area contributed by atoms with Crippen molar-refractivity contribution in [3.05, 3.63) is 40.9 Å². The molecular formula is C11H8Cl4N4. The molecule has 0 fully saturated rings. The monoisotopic (exact) mass is 336 g/mol. The maximum Gasteiger partial charge on any atom is 0.250 e. The number of rotatable bonds is 2. The van der Waals surface area contributed by atoms with Crippen molar-refractivity contribution in [2.45, 2.75) is 10.7 Å². The van der Waals surface area contributed by atoms with E-state index in [0.717, 1.165) is 5.69 Å². The van der Waals surface area contributed by atoms with Crippen LogP contribution in [0.1, 0.15) is 11.6 Å². The fourth-order valence-corrected chi connectivity index (χ4v) is 1.71. The lowest BCUT2D eigenvalue weighted by Crippen LogP contribution is -2.12. The predicted octanol–water partition coefficient (Wildman–Crippen LogP) is 4.40. The number of nitrogens with one attached hydrogen (secondary N) is 1. The summed E-state index contributed by atoms with van der Waals surface area (Å²) in [6.45, 7) is 1.69. The van der Waals surface area contributed by atoms with Gasteiger partial charge in [0.1, 0.15) is 5.82 Å². The highest BCUT2D eigenvalue weighted by atomic mass is 35.6. The number of anilines is 2. The molecule has 1 aromatic carbocycles. The number of benzene rings is 1. The van der Waals surface area contributed by atoms with Gasteiger partial charge >= 0.3 is 0 Å². The first-order valence-electron chi connectivity index (χ1n) is 5.17. The van der Waals surface area contributed by atoms with E-state index in [1.165, 1.54) is 0 Å². The molecule has 0 radical (unpaired) electrons. The topological polar surface area (TPSA) is 50.7 Å². The molecule has 1 heterocycles. The summed E-state index contributed by atoms with van der Waals surface area (Å²) in [5.41, 5.74) is 0.769. The van der Waals surface area contributed by atoms with E-state index < -0.39 is 3.79 Å². The van der Waals surface area contributed by atoms with Gasteiger partial charge in [-0.1, -0.05) is 46.4 Å². The number of nitrogens with zero attached hydrogens (tertiary/aromatic N) is 3. The van der Waals surface area contributed by atoms with Gasteiger partial charge in [-0.15, -0.1) is 0 Å². The summed E-state index contributed by atoms with van der Waals surface area (Å²) in [5, 5.41) is 3.63. The summed E-state index contributed by atoms with van der Waals surface area (Å²) in [5.74, 6) is 0.824. The molecule has 0 unspecified atom stereocenters. The zero-order valence-electron chi connectivity index (χ0n) is 9.66. The fourth-order valence-electron chi connectivity index (χ4n) is 1.33. The van der Waals surface area contributed by atoms with Gasteiger partial charge in [0.15, 0.2) is 5.82 Å². The van der Waals surface area contributed by atoms with Crippen LogP contribution in [-0.4, -0.2) is 15.0 Å². The van der Waals surface area contributed by atoms with Crippen LogP contribution in [-0.2, 0) is 3.79 Å². The van der Waals surface area contributed by atoms with Crippen molar-refractivity contribution in [2.24, 2.45) is 0 Å². The minimum Gasteiger partial charge on any atom is -0.324 e. The van der Waals surface area contributed by atoms with Crippen molar-refractivity contribution in [3.63, 3.8) is 0 Å². The Kier molecular flexibility index (Phi) is 4.36. The van der Waals surface area contributed by atoms with Crippen molar-refractivity contribution < 1.29 is 0 Å². The Hall–Kier alpha value is -0.810. The van der Waals surface area contributed by atoms with Gasteiger partial charge in [0.05, 0.1) is 0 Å². The largest absolute Gasteiger partial charge is 0.324 e. The van der Waals surface area contributed by atoms with Gasteiger partial charge in [-0.2, -0.15) is 9.97 Å². The minimum absolute atomic E-state index is 0.0708. The van der Waals surface area contributed by atoms with Crippen LogP contribution in [0.25, 0.3) is 0 Å². The lowest BCUT2D eigenvalue weighted by Gasteiger charge is -2.11. The van der Waals surface area contributed by atoms with Crippen LogP contribution < -0.4 is 5.32 Å². The van der Waals surface area contributed by atoms with E-state index in [1.54, 1.807) is 31.2 Å². The van der Waals surface area contributed by atoms with E-state index in [9.17, 15) is 0 Å². The predicted molar refractivity (Wildman–Crippen MR) is 78.5 cm³/mol. The van der Waals surface area contributed by atoms with E-state index in [0.29, 0.717) is 16.8 Å². The standard InChI is InChI=1S/C11H8Cl4N4/c1-6-16-9(11(13,14)15)19-10(17-6)18-8-4-2-7(12)3-5-8/h2-5H,1H3,(H,16,17,18,19). The van der Waals surface area contributed by atoms with Crippen LogP contribution in [0, 0.1) is 6.92 Å². The van der Waals surface area contributed by atoms with Crippen LogP contribution in [0.4, 0.5) is 11.6 Å². The second kappa shape index (κ2) is 5.67. The number of halogens is 4. The Morgan fingerprint density at radius 2 is 1.63 bits per heavy atom. The summed E-state index contributed by atoms with van der Waals surface area (Å²) in [6, 6.07) is 7.06. The zero-order chi connectivity index (χ0) is 14.0. The van der Waals surface area contributed by atoms with E-state index in [-0.39, 0.29) is 5.82 Å². The Bertz CT molecular complexity index is 580. The highest BCUT2D eigenvalue weighted by Crippen LogP contribution is 2.36. The third-order valence-corrected chi connectivity index (χ3v) is 2.86. The van der Waals surface area contributed by atoms with Crippen molar-refractivity contribution in [1.29, 1.82) is 0 Å². The Morgan fingerprint density at radius 3 is 2.21 bits per heavy atom. The number of aryl methyl sites for hydroxylation is 1. The highest BCUT2D eigenvalue weighted by molar-refractivity contribution is 6.66. The van der Waals surface area contributed by atoms with Gasteiger partial charge < -0.3 is 5.32 Å². The molecule has 1 aromatic heterocycles. The van der Waals surface area contributed by atoms with Crippen molar-refractivity contribution >= 4 is 58.0 Å². The van der Waals surface area contributed by atoms with Crippen LogP contribution >= 0.6 is 46.4 Å². The summed E-state index contributed by atoms with van der Waals surface area (Å²) in [6.07, 6.45) is 0. The number of hydrogen-bond donors (Lipinski definition) is 1. The Morgan fingerprint density at radius 1 is 1.00 bits per heavy atom. The number of hydrogen-bond acceptors (Lipinski definition) is 4. The van der Waals surface area contributed by atoms with Crippen LogP contribution in [0.5, 0.6) is 0 Å². The normalized spacial score (nSPS) is 11.4. The molecule has 0 bridgehead atoms. The van der Waals surface area contributed by atoms with Crippen LogP contribution in [0.3, 0.4) is 0 Å². The molecule has 0 aliphatic heterocycles. The molecule has 0 amide bonds. The molecule has 100 valence electrons. The quantitative estimate of drug-likeness (QED) is 0.825. The van der Waals surface area contributed by atoms with Crippen LogP contribution in [0.2, 0.25) is 5.02 Å². The molecule has 4 nitrogen and oxygen atoms in total. The molecule has 0 atom stereocenters. The molecule has 1 N–H and O–H groups in total.